The van der Waals surface area contributed by atoms with Crippen molar-refractivity contribution in [2.45, 2.75) is 0 Å². The highest BCUT2D eigenvalue weighted by atomic mass is 16.3. The molecule has 0 amide bonds. The first-order chi connectivity index (χ1) is 30.2. The van der Waals surface area contributed by atoms with Crippen LogP contribution in [0.3, 0.4) is 0 Å². The highest BCUT2D eigenvalue weighted by Crippen LogP contribution is 2.39. The van der Waals surface area contributed by atoms with Crippen molar-refractivity contribution in [1.82, 2.24) is 15.0 Å². The van der Waals surface area contributed by atoms with E-state index in [1.807, 2.05) is 60.7 Å². The zero-order chi connectivity index (χ0) is 40.3. The van der Waals surface area contributed by atoms with Crippen molar-refractivity contribution in [3.8, 4) is 67.5 Å². The summed E-state index contributed by atoms with van der Waals surface area (Å²) in [5.41, 5.74) is 11.3. The zero-order valence-electron chi connectivity index (χ0n) is 33.0. The summed E-state index contributed by atoms with van der Waals surface area (Å²) in [5, 5.41) is 9.88. The van der Waals surface area contributed by atoms with Crippen molar-refractivity contribution in [2.75, 3.05) is 0 Å². The molecule has 0 N–H and O–H groups in total. The lowest BCUT2D eigenvalue weighted by Gasteiger charge is -2.12. The topological polar surface area (TPSA) is 51.8 Å². The lowest BCUT2D eigenvalue weighted by Crippen LogP contribution is -2.00. The van der Waals surface area contributed by atoms with Gasteiger partial charge in [-0.2, -0.15) is 0 Å². The Balaban J connectivity index is 0.860. The van der Waals surface area contributed by atoms with Gasteiger partial charge < -0.3 is 4.42 Å². The molecule has 284 valence electrons. The fraction of sp³-hybridized carbons (Fsp3) is 0. The average Bonchev–Trinajstić information content (AvgIpc) is 3.72. The molecule has 0 saturated carbocycles. The van der Waals surface area contributed by atoms with Crippen molar-refractivity contribution < 1.29 is 4.42 Å². The highest BCUT2D eigenvalue weighted by molar-refractivity contribution is 6.25. The number of aromatic nitrogens is 3. The lowest BCUT2D eigenvalue weighted by molar-refractivity contribution is 0.669. The van der Waals surface area contributed by atoms with Crippen molar-refractivity contribution >= 4 is 54.3 Å². The highest BCUT2D eigenvalue weighted by Gasteiger charge is 2.15. The Morgan fingerprint density at radius 1 is 0.213 bits per heavy atom. The first-order valence-electron chi connectivity index (χ1n) is 20.6. The van der Waals surface area contributed by atoms with Crippen molar-refractivity contribution in [1.29, 1.82) is 0 Å². The monoisotopic (exact) mass is 777 g/mol. The molecule has 0 unspecified atom stereocenters. The maximum atomic E-state index is 6.59. The standard InChI is InChI=1S/C57H35N3O/c1-3-12-37(13-4-1)55-58-56(38-14-5-2-6-15-38)60-57(59-55)39-24-22-36(23-25-39)43-27-30-50-51-31-28-44(35-54(51)61-53(50)34-43)41-17-11-16-40(32-41)42-26-29-49-47-20-8-7-18-45(47)46-19-9-10-21-48(46)52(49)33-42/h1-35H. The Bertz CT molecular complexity index is 3540. The van der Waals surface area contributed by atoms with E-state index in [0.29, 0.717) is 17.5 Å². The largest absolute Gasteiger partial charge is 0.456 e. The molecule has 0 aliphatic heterocycles. The van der Waals surface area contributed by atoms with Gasteiger partial charge in [-0.3, -0.25) is 0 Å². The molecule has 4 nitrogen and oxygen atoms in total. The van der Waals surface area contributed by atoms with Crippen LogP contribution in [0, 0.1) is 0 Å². The maximum absolute atomic E-state index is 6.59. The molecule has 0 saturated heterocycles. The molecule has 0 fully saturated rings. The van der Waals surface area contributed by atoms with Crippen molar-refractivity contribution in [2.24, 2.45) is 0 Å². The molecular weight excluding hydrogens is 743 g/mol. The Kier molecular flexibility index (Phi) is 8.13. The summed E-state index contributed by atoms with van der Waals surface area (Å²) >= 11 is 0. The van der Waals surface area contributed by atoms with Gasteiger partial charge in [0.05, 0.1) is 0 Å². The van der Waals surface area contributed by atoms with E-state index in [9.17, 15) is 0 Å². The second-order valence-corrected chi connectivity index (χ2v) is 15.6. The van der Waals surface area contributed by atoms with E-state index in [-0.39, 0.29) is 0 Å². The molecule has 4 heteroatoms. The molecule has 0 radical (unpaired) electrons. The van der Waals surface area contributed by atoms with Crippen LogP contribution in [0.15, 0.2) is 217 Å². The van der Waals surface area contributed by atoms with Crippen LogP contribution in [0.4, 0.5) is 0 Å². The summed E-state index contributed by atoms with van der Waals surface area (Å²) in [4.78, 5) is 14.7. The number of hydrogen-bond acceptors (Lipinski definition) is 4. The van der Waals surface area contributed by atoms with Crippen molar-refractivity contribution in [3.05, 3.63) is 212 Å². The van der Waals surface area contributed by atoms with E-state index in [2.05, 4.69) is 152 Å². The average molecular weight is 778 g/mol. The molecule has 0 aliphatic rings. The van der Waals surface area contributed by atoms with Crippen LogP contribution < -0.4 is 0 Å². The maximum Gasteiger partial charge on any atom is 0.164 e. The molecule has 10 aromatic carbocycles. The lowest BCUT2D eigenvalue weighted by atomic mass is 9.91. The van der Waals surface area contributed by atoms with Gasteiger partial charge in [0.1, 0.15) is 11.2 Å². The van der Waals surface area contributed by atoms with Gasteiger partial charge in [-0.05, 0) is 102 Å². The number of nitrogens with zero attached hydrogens (tertiary/aromatic N) is 3. The van der Waals surface area contributed by atoms with Crippen LogP contribution >= 0.6 is 0 Å². The molecule has 12 aromatic rings. The minimum atomic E-state index is 0.632. The fourth-order valence-corrected chi connectivity index (χ4v) is 8.85. The van der Waals surface area contributed by atoms with E-state index >= 15 is 0 Å². The molecule has 0 spiro atoms. The predicted octanol–water partition coefficient (Wildman–Crippen LogP) is 15.2. The normalized spacial score (nSPS) is 11.6. The first-order valence-corrected chi connectivity index (χ1v) is 20.6. The van der Waals surface area contributed by atoms with Gasteiger partial charge >= 0.3 is 0 Å². The first kappa shape index (κ1) is 34.8. The van der Waals surface area contributed by atoms with Gasteiger partial charge in [-0.1, -0.05) is 176 Å². The van der Waals surface area contributed by atoms with E-state index in [1.54, 1.807) is 0 Å². The second-order valence-electron chi connectivity index (χ2n) is 15.6. The summed E-state index contributed by atoms with van der Waals surface area (Å²) in [6.07, 6.45) is 0. The Hall–Kier alpha value is -8.21. The van der Waals surface area contributed by atoms with Crippen LogP contribution in [-0.4, -0.2) is 15.0 Å². The van der Waals surface area contributed by atoms with Crippen LogP contribution in [0.2, 0.25) is 0 Å². The van der Waals surface area contributed by atoms with Gasteiger partial charge in [-0.25, -0.2) is 15.0 Å². The van der Waals surface area contributed by atoms with Gasteiger partial charge in [-0.15, -0.1) is 0 Å². The molecular formula is C57H35N3O. The molecule has 2 aromatic heterocycles. The smallest absolute Gasteiger partial charge is 0.164 e. The molecule has 0 bridgehead atoms. The van der Waals surface area contributed by atoms with Gasteiger partial charge in [0.2, 0.25) is 0 Å². The van der Waals surface area contributed by atoms with Crippen molar-refractivity contribution in [3.63, 3.8) is 0 Å². The minimum absolute atomic E-state index is 0.632. The predicted molar refractivity (Wildman–Crippen MR) is 252 cm³/mol. The minimum Gasteiger partial charge on any atom is -0.456 e. The number of fused-ring (bicyclic) bond motifs is 9. The number of benzene rings is 10. The Morgan fingerprint density at radius 3 is 1.05 bits per heavy atom. The summed E-state index contributed by atoms with van der Waals surface area (Å²) in [7, 11) is 0. The molecule has 61 heavy (non-hydrogen) atoms. The molecule has 12 rings (SSSR count). The fourth-order valence-electron chi connectivity index (χ4n) is 8.85. The zero-order valence-corrected chi connectivity index (χ0v) is 33.0. The quantitative estimate of drug-likeness (QED) is 0.158. The number of hydrogen-bond donors (Lipinski definition) is 0. The summed E-state index contributed by atoms with van der Waals surface area (Å²) in [6, 6.07) is 74.8. The third kappa shape index (κ3) is 6.12. The molecule has 0 atom stereocenters. The van der Waals surface area contributed by atoms with E-state index in [0.717, 1.165) is 60.9 Å². The third-order valence-corrected chi connectivity index (χ3v) is 11.9. The van der Waals surface area contributed by atoms with E-state index in [1.165, 1.54) is 43.4 Å². The summed E-state index contributed by atoms with van der Waals surface area (Å²) in [6.45, 7) is 0. The summed E-state index contributed by atoms with van der Waals surface area (Å²) in [5.74, 6) is 1.92. The van der Waals surface area contributed by atoms with Crippen LogP contribution in [0.5, 0.6) is 0 Å². The second kappa shape index (κ2) is 14.3. The Morgan fingerprint density at radius 2 is 0.541 bits per heavy atom. The third-order valence-electron chi connectivity index (χ3n) is 11.9. The SMILES string of the molecule is c1ccc(-c2nc(-c3ccccc3)nc(-c3ccc(-c4ccc5c(c4)oc4cc(-c6cccc(-c7ccc8c9ccccc9c9ccccc9c8c7)c6)ccc45)cc3)n2)cc1. The van der Waals surface area contributed by atoms with E-state index < -0.39 is 0 Å². The Labute approximate surface area is 352 Å². The number of furan rings is 1. The van der Waals surface area contributed by atoms with Gasteiger partial charge in [0.25, 0.3) is 0 Å². The summed E-state index contributed by atoms with van der Waals surface area (Å²) < 4.78 is 6.59. The van der Waals surface area contributed by atoms with Crippen LogP contribution in [0.25, 0.3) is 122 Å². The van der Waals surface area contributed by atoms with Gasteiger partial charge in [0.15, 0.2) is 17.5 Å². The van der Waals surface area contributed by atoms with E-state index in [4.69, 9.17) is 19.4 Å². The van der Waals surface area contributed by atoms with Crippen LogP contribution in [0.1, 0.15) is 0 Å². The molecule has 0 aliphatic carbocycles. The van der Waals surface area contributed by atoms with Crippen LogP contribution in [-0.2, 0) is 0 Å². The van der Waals surface area contributed by atoms with Gasteiger partial charge in [0, 0.05) is 27.5 Å². The molecule has 2 heterocycles. The number of rotatable bonds is 6.